The summed E-state index contributed by atoms with van der Waals surface area (Å²) >= 11 is 6.94. The molecule has 0 bridgehead atoms. The first-order valence-electron chi connectivity index (χ1n) is 18.4. The van der Waals surface area contributed by atoms with E-state index < -0.39 is 7.12 Å². The van der Waals surface area contributed by atoms with Crippen molar-refractivity contribution >= 4 is 94.9 Å². The average molecular weight is 885 g/mol. The maximum Gasteiger partial charge on any atom is 0.492 e. The highest BCUT2D eigenvalue weighted by Crippen LogP contribution is 2.41. The summed E-state index contributed by atoms with van der Waals surface area (Å²) in [5.41, 5.74) is 6.22. The van der Waals surface area contributed by atoms with Gasteiger partial charge in [0.1, 0.15) is 22.7 Å². The van der Waals surface area contributed by atoms with Crippen molar-refractivity contribution in [1.29, 1.82) is 0 Å². The van der Waals surface area contributed by atoms with Crippen molar-refractivity contribution in [2.24, 2.45) is 14.1 Å². The Labute approximate surface area is 353 Å². The van der Waals surface area contributed by atoms with E-state index in [1.54, 1.807) is 57.8 Å². The van der Waals surface area contributed by atoms with Crippen LogP contribution in [0.15, 0.2) is 90.2 Å². The highest BCUT2D eigenvalue weighted by Gasteiger charge is 2.19. The quantitative estimate of drug-likeness (QED) is 0.0672. The first kappa shape index (κ1) is 42.2. The minimum Gasteiger partial charge on any atom is -0.491 e. The molecule has 0 amide bonds. The molecule has 0 saturated heterocycles. The fourth-order valence-electron chi connectivity index (χ4n) is 5.78. The summed E-state index contributed by atoms with van der Waals surface area (Å²) in [5, 5.41) is 31.6. The van der Waals surface area contributed by atoms with Gasteiger partial charge in [0.25, 0.3) is 0 Å². The molecule has 2 aromatic carbocycles. The van der Waals surface area contributed by atoms with Crippen LogP contribution in [0.2, 0.25) is 0 Å². The molecule has 0 aliphatic carbocycles. The molecule has 0 atom stereocenters. The highest BCUT2D eigenvalue weighted by molar-refractivity contribution is 9.10. The van der Waals surface area contributed by atoms with Gasteiger partial charge in [-0.2, -0.15) is 10.2 Å². The number of hydrogen-bond acceptors (Lipinski definition) is 13. The van der Waals surface area contributed by atoms with Crippen LogP contribution in [0.3, 0.4) is 0 Å². The van der Waals surface area contributed by atoms with Crippen LogP contribution in [0, 0.1) is 13.8 Å². The molecule has 0 aliphatic rings. The second kappa shape index (κ2) is 18.9. The standard InChI is InChI=1S/C20H21N5OS.C11H10BrN5S.C9H13BO3/c1-12(2)26-16-8-6-5-7-15(16)18-13(3)27-17-10-21-20(24-19(17)18)23-14-9-22-25(4)11-14;1-6-9(12)10-8(18-6)4-13-11(16-10)15-7-3-14-17(2)5-7;1-7(2)13-9-6-4-3-5-8(9)10(11)12/h5-12H,1-4H3,(H,21,23,24);3-5H,1-2H3,(H,13,15,16);3-7,11-12H,1-2H3/p+1. The van der Waals surface area contributed by atoms with E-state index in [4.69, 9.17) is 24.5 Å². The molecular formula is C40H45BBrN10O4S2+. The second-order valence-electron chi connectivity index (χ2n) is 13.7. The number of aryl methyl sites for hydroxylation is 4. The van der Waals surface area contributed by atoms with Crippen LogP contribution in [-0.4, -0.2) is 64.2 Å². The number of rotatable bonds is 10. The summed E-state index contributed by atoms with van der Waals surface area (Å²) in [6.45, 7) is 12.0. The Hall–Kier alpha value is -5.40. The van der Waals surface area contributed by atoms with E-state index in [0.29, 0.717) is 23.1 Å². The molecule has 58 heavy (non-hydrogen) atoms. The summed E-state index contributed by atoms with van der Waals surface area (Å²) in [6, 6.07) is 15.0. The molecule has 0 aliphatic heterocycles. The van der Waals surface area contributed by atoms with Gasteiger partial charge in [0, 0.05) is 39.6 Å². The van der Waals surface area contributed by atoms with E-state index in [1.807, 2.05) is 95.7 Å². The van der Waals surface area contributed by atoms with Crippen LogP contribution in [0.4, 0.5) is 23.3 Å². The molecule has 0 unspecified atom stereocenters. The smallest absolute Gasteiger partial charge is 0.491 e. The maximum atomic E-state index is 8.99. The maximum absolute atomic E-state index is 8.99. The van der Waals surface area contributed by atoms with Gasteiger partial charge in [0.15, 0.2) is 7.05 Å². The largest absolute Gasteiger partial charge is 0.492 e. The van der Waals surface area contributed by atoms with Crippen LogP contribution < -0.4 is 30.3 Å². The number of thiophene rings is 2. The third-order valence-corrected chi connectivity index (χ3v) is 11.5. The van der Waals surface area contributed by atoms with Gasteiger partial charge in [0.2, 0.25) is 18.1 Å². The molecule has 0 fully saturated rings. The molecule has 6 heterocycles. The highest BCUT2D eigenvalue weighted by atomic mass is 79.9. The van der Waals surface area contributed by atoms with E-state index in [2.05, 4.69) is 71.6 Å². The number of anilines is 4. The molecule has 14 nitrogen and oxygen atoms in total. The lowest BCUT2D eigenvalue weighted by molar-refractivity contribution is -0.726. The van der Waals surface area contributed by atoms with Gasteiger partial charge in [-0.1, -0.05) is 36.4 Å². The predicted molar refractivity (Wildman–Crippen MR) is 237 cm³/mol. The Morgan fingerprint density at radius 3 is 2.02 bits per heavy atom. The number of nitrogens with one attached hydrogen (secondary N) is 3. The van der Waals surface area contributed by atoms with Crippen molar-refractivity contribution in [2.75, 3.05) is 10.6 Å². The number of halogens is 1. The number of aromatic nitrogens is 8. The number of fused-ring (bicyclic) bond motifs is 2. The van der Waals surface area contributed by atoms with Gasteiger partial charge in [-0.3, -0.25) is 4.68 Å². The van der Waals surface area contributed by atoms with E-state index in [1.165, 1.54) is 9.75 Å². The zero-order valence-corrected chi connectivity index (χ0v) is 36.6. The molecule has 0 radical (unpaired) electrons. The van der Waals surface area contributed by atoms with Crippen molar-refractivity contribution in [3.8, 4) is 22.6 Å². The lowest BCUT2D eigenvalue weighted by atomic mass is 9.79. The van der Waals surface area contributed by atoms with Crippen LogP contribution in [-0.2, 0) is 14.1 Å². The number of para-hydroxylation sites is 2. The van der Waals surface area contributed by atoms with E-state index in [0.717, 1.165) is 53.2 Å². The zero-order valence-electron chi connectivity index (χ0n) is 33.4. The number of ether oxygens (including phenoxy) is 2. The number of aromatic amines is 1. The molecule has 0 saturated carbocycles. The molecular weight excluding hydrogens is 839 g/mol. The topological polar surface area (TPSA) is 172 Å². The van der Waals surface area contributed by atoms with Gasteiger partial charge in [-0.15, -0.1) is 27.4 Å². The third kappa shape index (κ3) is 10.6. The van der Waals surface area contributed by atoms with Crippen LogP contribution in [0.1, 0.15) is 37.4 Å². The molecule has 300 valence electrons. The second-order valence-corrected chi connectivity index (χ2v) is 17.0. The Bertz CT molecular complexity index is 2620. The number of hydrogen-bond donors (Lipinski definition) is 5. The van der Waals surface area contributed by atoms with Crippen molar-refractivity contribution < 1.29 is 24.2 Å². The van der Waals surface area contributed by atoms with Crippen molar-refractivity contribution in [2.45, 2.75) is 53.8 Å². The minimum absolute atomic E-state index is 0.0277. The number of benzene rings is 2. The summed E-state index contributed by atoms with van der Waals surface area (Å²) in [6.07, 6.45) is 11.3. The zero-order chi connectivity index (χ0) is 41.5. The molecule has 5 N–H and O–H groups in total. The normalized spacial score (nSPS) is 11.0. The van der Waals surface area contributed by atoms with E-state index in [-0.39, 0.29) is 12.2 Å². The van der Waals surface area contributed by atoms with Crippen LogP contribution in [0.5, 0.6) is 11.5 Å². The van der Waals surface area contributed by atoms with Crippen LogP contribution >= 0.6 is 38.6 Å². The lowest BCUT2D eigenvalue weighted by Gasteiger charge is -2.14. The monoisotopic (exact) mass is 883 g/mol. The van der Waals surface area contributed by atoms with Gasteiger partial charge in [-0.25, -0.2) is 19.9 Å². The molecule has 6 aromatic heterocycles. The summed E-state index contributed by atoms with van der Waals surface area (Å²) in [4.78, 5) is 20.5. The van der Waals surface area contributed by atoms with Gasteiger partial charge in [-0.05, 0) is 69.6 Å². The summed E-state index contributed by atoms with van der Waals surface area (Å²) in [5.74, 6) is 2.54. The fourth-order valence-corrected chi connectivity index (χ4v) is 8.31. The van der Waals surface area contributed by atoms with Crippen molar-refractivity contribution in [1.82, 2.24) is 34.8 Å². The fraction of sp³-hybridized carbons (Fsp3) is 0.250. The molecule has 8 rings (SSSR count). The Balaban J connectivity index is 0.000000158. The summed E-state index contributed by atoms with van der Waals surface area (Å²) < 4.78 is 18.2. The molecule has 18 heteroatoms. The number of nitrogens with zero attached hydrogens (tertiary/aromatic N) is 7. The SMILES string of the molecule is CC(C)Oc1ccccc1B(O)O.Cc1sc2cnc(Nc3c[nH][n+](C)c3)nc2c1Br.Cc1sc2cnc(Nc3cnn(C)c3)nc2c1-c1ccccc1OC(C)C. The first-order valence-corrected chi connectivity index (χ1v) is 20.8. The number of H-pyrrole nitrogens is 1. The molecule has 0 spiro atoms. The summed E-state index contributed by atoms with van der Waals surface area (Å²) in [7, 11) is 2.32. The van der Waals surface area contributed by atoms with Gasteiger partial charge < -0.3 is 30.2 Å². The Kier molecular flexibility index (Phi) is 13.8. The lowest BCUT2D eigenvalue weighted by Crippen LogP contribution is -2.32. The minimum atomic E-state index is -1.48. The average Bonchev–Trinajstić information content (AvgIpc) is 3.94. The molecule has 8 aromatic rings. The predicted octanol–water partition coefficient (Wildman–Crippen LogP) is 7.74. The van der Waals surface area contributed by atoms with Crippen molar-refractivity contribution in [3.63, 3.8) is 0 Å². The Morgan fingerprint density at radius 1 is 0.810 bits per heavy atom. The Morgan fingerprint density at radius 2 is 1.40 bits per heavy atom. The van der Waals surface area contributed by atoms with Gasteiger partial charge in [0.05, 0.1) is 62.1 Å². The third-order valence-electron chi connectivity index (χ3n) is 8.19. The van der Waals surface area contributed by atoms with Crippen LogP contribution in [0.25, 0.3) is 31.6 Å². The van der Waals surface area contributed by atoms with Gasteiger partial charge >= 0.3 is 7.12 Å². The van der Waals surface area contributed by atoms with E-state index >= 15 is 0 Å². The first-order chi connectivity index (χ1) is 27.7. The van der Waals surface area contributed by atoms with E-state index in [9.17, 15) is 0 Å². The van der Waals surface area contributed by atoms with Crippen molar-refractivity contribution in [3.05, 3.63) is 99.9 Å².